The van der Waals surface area contributed by atoms with Crippen molar-refractivity contribution in [3.8, 4) is 0 Å². The summed E-state index contributed by atoms with van der Waals surface area (Å²) in [6.45, 7) is 5.80. The van der Waals surface area contributed by atoms with Gasteiger partial charge in [0, 0.05) is 30.5 Å². The van der Waals surface area contributed by atoms with Crippen molar-refractivity contribution in [2.45, 2.75) is 65.1 Å². The number of hydrogen-bond donors (Lipinski definition) is 0. The Morgan fingerprint density at radius 3 is 1.88 bits per heavy atom. The van der Waals surface area contributed by atoms with Crippen molar-refractivity contribution in [1.29, 1.82) is 0 Å². The number of aromatic nitrogens is 2. The van der Waals surface area contributed by atoms with Crippen LogP contribution in [0, 0.1) is 28.7 Å². The van der Waals surface area contributed by atoms with Gasteiger partial charge in [-0.1, -0.05) is 27.7 Å². The van der Waals surface area contributed by atoms with Gasteiger partial charge in [-0.2, -0.15) is 0 Å². The maximum Gasteiger partial charge on any atom is 0.314 e. The molecule has 174 valence electrons. The van der Waals surface area contributed by atoms with Crippen LogP contribution in [0.4, 0.5) is 17.6 Å². The summed E-state index contributed by atoms with van der Waals surface area (Å²) >= 11 is 0. The van der Waals surface area contributed by atoms with Crippen molar-refractivity contribution in [3.05, 3.63) is 58.2 Å². The summed E-state index contributed by atoms with van der Waals surface area (Å²) in [6, 6.07) is 0. The third kappa shape index (κ3) is 4.62. The molecule has 1 aromatic carbocycles. The summed E-state index contributed by atoms with van der Waals surface area (Å²) in [5.74, 6) is -7.40. The lowest BCUT2D eigenvalue weighted by Gasteiger charge is -2.29. The van der Waals surface area contributed by atoms with Gasteiger partial charge in [0.25, 0.3) is 0 Å². The van der Waals surface area contributed by atoms with Gasteiger partial charge in [-0.15, -0.1) is 0 Å². The maximum atomic E-state index is 14.3. The molecular formula is C23H26F4N2O3. The van der Waals surface area contributed by atoms with Gasteiger partial charge < -0.3 is 9.47 Å². The van der Waals surface area contributed by atoms with Crippen molar-refractivity contribution >= 4 is 5.97 Å². The molecule has 1 aromatic heterocycles. The second kappa shape index (κ2) is 8.77. The molecule has 1 heterocycles. The standard InChI is InChI=1S/C23H26F4N2O3/c1-22(2,3)15(12-8-28-21(29-9-12)23(4)6-7-23)20(30)32-11-14-18(26)16(24)13(10-31-5)17(25)19(14)27/h8-9,15H,6-7,10-11H2,1-5H3. The van der Waals surface area contributed by atoms with E-state index >= 15 is 0 Å². The molecule has 0 spiro atoms. The molecule has 1 aliphatic carbocycles. The molecule has 0 saturated heterocycles. The number of rotatable bonds is 7. The number of benzene rings is 1. The number of nitrogens with zero attached hydrogens (tertiary/aromatic N) is 2. The SMILES string of the molecule is COCc1c(F)c(F)c(COC(=O)C(c2cnc(C3(C)CC3)nc2)C(C)(C)C)c(F)c1F. The third-order valence-corrected chi connectivity index (χ3v) is 5.74. The minimum Gasteiger partial charge on any atom is -0.460 e. The zero-order chi connectivity index (χ0) is 23.8. The molecule has 5 nitrogen and oxygen atoms in total. The molecule has 0 aliphatic heterocycles. The number of halogens is 4. The van der Waals surface area contributed by atoms with Crippen LogP contribution in [-0.2, 0) is 32.9 Å². The van der Waals surface area contributed by atoms with Crippen LogP contribution in [0.25, 0.3) is 0 Å². The van der Waals surface area contributed by atoms with Gasteiger partial charge in [-0.25, -0.2) is 27.5 Å². The summed E-state index contributed by atoms with van der Waals surface area (Å²) < 4.78 is 66.7. The summed E-state index contributed by atoms with van der Waals surface area (Å²) in [6.07, 6.45) is 5.07. The zero-order valence-electron chi connectivity index (χ0n) is 18.7. The molecule has 32 heavy (non-hydrogen) atoms. The monoisotopic (exact) mass is 454 g/mol. The van der Waals surface area contributed by atoms with Crippen LogP contribution in [0.1, 0.15) is 69.0 Å². The van der Waals surface area contributed by atoms with E-state index in [-0.39, 0.29) is 5.41 Å². The van der Waals surface area contributed by atoms with E-state index in [0.717, 1.165) is 20.0 Å². The fourth-order valence-electron chi connectivity index (χ4n) is 3.55. The number of hydrogen-bond acceptors (Lipinski definition) is 5. The van der Waals surface area contributed by atoms with Crippen LogP contribution in [0.2, 0.25) is 0 Å². The molecule has 1 atom stereocenters. The quantitative estimate of drug-likeness (QED) is 0.331. The Labute approximate surface area is 184 Å². The average molecular weight is 454 g/mol. The second-order valence-corrected chi connectivity index (χ2v) is 9.45. The molecular weight excluding hydrogens is 428 g/mol. The fourth-order valence-corrected chi connectivity index (χ4v) is 3.55. The van der Waals surface area contributed by atoms with Gasteiger partial charge in [0.15, 0.2) is 23.3 Å². The topological polar surface area (TPSA) is 61.3 Å². The summed E-state index contributed by atoms with van der Waals surface area (Å²) in [4.78, 5) is 21.6. The van der Waals surface area contributed by atoms with E-state index in [9.17, 15) is 22.4 Å². The van der Waals surface area contributed by atoms with E-state index in [1.807, 2.05) is 0 Å². The smallest absolute Gasteiger partial charge is 0.314 e. The van der Waals surface area contributed by atoms with E-state index in [1.54, 1.807) is 33.2 Å². The van der Waals surface area contributed by atoms with E-state index in [2.05, 4.69) is 21.6 Å². The predicted octanol–water partition coefficient (Wildman–Crippen LogP) is 5.10. The molecule has 1 fully saturated rings. The first-order valence-corrected chi connectivity index (χ1v) is 10.2. The first-order valence-electron chi connectivity index (χ1n) is 10.2. The molecule has 9 heteroatoms. The summed E-state index contributed by atoms with van der Waals surface area (Å²) in [7, 11) is 1.14. The zero-order valence-corrected chi connectivity index (χ0v) is 18.7. The van der Waals surface area contributed by atoms with Gasteiger partial charge in [0.2, 0.25) is 0 Å². The van der Waals surface area contributed by atoms with Gasteiger partial charge in [0.1, 0.15) is 12.4 Å². The van der Waals surface area contributed by atoms with Crippen molar-refractivity contribution in [1.82, 2.24) is 9.97 Å². The van der Waals surface area contributed by atoms with Gasteiger partial charge in [-0.3, -0.25) is 4.79 Å². The lowest BCUT2D eigenvalue weighted by molar-refractivity contribution is -0.149. The molecule has 1 unspecified atom stereocenters. The lowest BCUT2D eigenvalue weighted by atomic mass is 9.77. The molecule has 3 rings (SSSR count). The molecule has 2 aromatic rings. The number of methoxy groups -OCH3 is 1. The van der Waals surface area contributed by atoms with Crippen molar-refractivity contribution in [2.24, 2.45) is 5.41 Å². The molecule has 0 N–H and O–H groups in total. The van der Waals surface area contributed by atoms with Gasteiger partial charge in [0.05, 0.1) is 23.7 Å². The number of carbonyl (C=O) groups excluding carboxylic acids is 1. The van der Waals surface area contributed by atoms with Crippen molar-refractivity contribution in [2.75, 3.05) is 7.11 Å². The van der Waals surface area contributed by atoms with Crippen LogP contribution in [-0.4, -0.2) is 23.0 Å². The number of carbonyl (C=O) groups is 1. The normalized spacial score (nSPS) is 16.0. The highest BCUT2D eigenvalue weighted by molar-refractivity contribution is 5.79. The van der Waals surface area contributed by atoms with E-state index in [4.69, 9.17) is 4.74 Å². The molecule has 0 amide bonds. The van der Waals surface area contributed by atoms with Gasteiger partial charge in [-0.05, 0) is 18.3 Å². The Kier molecular flexibility index (Phi) is 6.60. The predicted molar refractivity (Wildman–Crippen MR) is 108 cm³/mol. The lowest BCUT2D eigenvalue weighted by Crippen LogP contribution is -2.29. The number of esters is 1. The van der Waals surface area contributed by atoms with Crippen molar-refractivity contribution < 1.29 is 31.8 Å². The Bertz CT molecular complexity index is 986. The van der Waals surface area contributed by atoms with Crippen LogP contribution < -0.4 is 0 Å². The maximum absolute atomic E-state index is 14.3. The van der Waals surface area contributed by atoms with E-state index in [1.165, 1.54) is 0 Å². The third-order valence-electron chi connectivity index (χ3n) is 5.74. The van der Waals surface area contributed by atoms with Crippen LogP contribution in [0.5, 0.6) is 0 Å². The first-order chi connectivity index (χ1) is 14.9. The van der Waals surface area contributed by atoms with Crippen LogP contribution >= 0.6 is 0 Å². The second-order valence-electron chi connectivity index (χ2n) is 9.45. The summed E-state index contributed by atoms with van der Waals surface area (Å²) in [5, 5.41) is 0. The minimum absolute atomic E-state index is 0.0472. The van der Waals surface area contributed by atoms with E-state index in [0.29, 0.717) is 11.4 Å². The first kappa shape index (κ1) is 24.1. The Morgan fingerprint density at radius 2 is 1.47 bits per heavy atom. The molecule has 0 bridgehead atoms. The largest absolute Gasteiger partial charge is 0.460 e. The highest BCUT2D eigenvalue weighted by Crippen LogP contribution is 2.46. The van der Waals surface area contributed by atoms with E-state index < -0.39 is 64.9 Å². The highest BCUT2D eigenvalue weighted by atomic mass is 19.2. The molecule has 1 saturated carbocycles. The Balaban J connectivity index is 1.84. The van der Waals surface area contributed by atoms with Crippen LogP contribution in [0.15, 0.2) is 12.4 Å². The molecule has 0 radical (unpaired) electrons. The van der Waals surface area contributed by atoms with Crippen molar-refractivity contribution in [3.63, 3.8) is 0 Å². The summed E-state index contributed by atoms with van der Waals surface area (Å²) in [5.41, 5.74) is -2.10. The van der Waals surface area contributed by atoms with Crippen LogP contribution in [0.3, 0.4) is 0 Å². The number of ether oxygens (including phenoxy) is 2. The highest BCUT2D eigenvalue weighted by Gasteiger charge is 2.42. The van der Waals surface area contributed by atoms with Gasteiger partial charge >= 0.3 is 5.97 Å². The Hall–Kier alpha value is -2.55. The molecule has 1 aliphatic rings. The Morgan fingerprint density at radius 1 is 1.00 bits per heavy atom. The minimum atomic E-state index is -1.62. The average Bonchev–Trinajstić information content (AvgIpc) is 3.48. The fraction of sp³-hybridized carbons (Fsp3) is 0.522.